The first-order valence-electron chi connectivity index (χ1n) is 9.79. The van der Waals surface area contributed by atoms with Crippen LogP contribution in [0.15, 0.2) is 59.5 Å². The molecule has 0 unspecified atom stereocenters. The van der Waals surface area contributed by atoms with Crippen molar-refractivity contribution in [1.29, 1.82) is 0 Å². The fourth-order valence-electron chi connectivity index (χ4n) is 4.09. The molecule has 1 heterocycles. The Morgan fingerprint density at radius 1 is 0.828 bits per heavy atom. The average molecular weight is 411 g/mol. The molecular formula is C23H26N2O3S. The molecule has 1 aliphatic heterocycles. The second kappa shape index (κ2) is 7.69. The lowest BCUT2D eigenvalue weighted by Crippen LogP contribution is -2.49. The van der Waals surface area contributed by atoms with Gasteiger partial charge in [-0.1, -0.05) is 30.3 Å². The van der Waals surface area contributed by atoms with Gasteiger partial charge >= 0.3 is 0 Å². The number of hydrogen-bond donors (Lipinski definition) is 0. The second-order valence-corrected chi connectivity index (χ2v) is 9.44. The Morgan fingerprint density at radius 3 is 2.10 bits per heavy atom. The molecule has 5 nitrogen and oxygen atoms in total. The van der Waals surface area contributed by atoms with Crippen LogP contribution in [-0.4, -0.2) is 46.0 Å². The highest BCUT2D eigenvalue weighted by molar-refractivity contribution is 7.89. The predicted molar refractivity (Wildman–Crippen MR) is 117 cm³/mol. The number of piperazine rings is 1. The molecule has 4 rings (SSSR count). The minimum Gasteiger partial charge on any atom is -0.497 e. The van der Waals surface area contributed by atoms with Crippen LogP contribution in [0, 0.1) is 13.8 Å². The summed E-state index contributed by atoms with van der Waals surface area (Å²) in [5, 5.41) is 1.85. The van der Waals surface area contributed by atoms with Crippen LogP contribution in [-0.2, 0) is 10.0 Å². The number of fused-ring (bicyclic) bond motifs is 1. The van der Waals surface area contributed by atoms with E-state index in [-0.39, 0.29) is 0 Å². The van der Waals surface area contributed by atoms with Crippen LogP contribution in [0.5, 0.6) is 5.75 Å². The largest absolute Gasteiger partial charge is 0.497 e. The summed E-state index contributed by atoms with van der Waals surface area (Å²) in [4.78, 5) is 2.64. The Balaban J connectivity index is 1.55. The first kappa shape index (κ1) is 19.7. The number of nitrogens with zero attached hydrogens (tertiary/aromatic N) is 2. The van der Waals surface area contributed by atoms with Crippen molar-refractivity contribution in [2.45, 2.75) is 18.7 Å². The number of benzene rings is 3. The van der Waals surface area contributed by atoms with Gasteiger partial charge in [0.1, 0.15) is 5.75 Å². The van der Waals surface area contributed by atoms with Gasteiger partial charge in [0, 0.05) is 31.9 Å². The summed E-state index contributed by atoms with van der Waals surface area (Å²) in [5.41, 5.74) is 3.68. The van der Waals surface area contributed by atoms with Gasteiger partial charge in [-0.05, 0) is 60.0 Å². The molecule has 1 fully saturated rings. The highest BCUT2D eigenvalue weighted by Crippen LogP contribution is 2.28. The maximum atomic E-state index is 13.2. The Kier molecular flexibility index (Phi) is 5.23. The van der Waals surface area contributed by atoms with Gasteiger partial charge in [0.2, 0.25) is 10.0 Å². The van der Waals surface area contributed by atoms with E-state index in [4.69, 9.17) is 4.74 Å². The van der Waals surface area contributed by atoms with Gasteiger partial charge in [-0.3, -0.25) is 0 Å². The molecule has 0 N–H and O–H groups in total. The van der Waals surface area contributed by atoms with E-state index in [1.165, 1.54) is 16.8 Å². The van der Waals surface area contributed by atoms with Crippen molar-refractivity contribution >= 4 is 26.5 Å². The summed E-state index contributed by atoms with van der Waals surface area (Å²) in [6, 6.07) is 17.2. The van der Waals surface area contributed by atoms with E-state index in [0.717, 1.165) is 16.5 Å². The third kappa shape index (κ3) is 3.70. The van der Waals surface area contributed by atoms with Crippen LogP contribution in [0.3, 0.4) is 0 Å². The third-order valence-corrected chi connectivity index (χ3v) is 7.55. The molecule has 3 aromatic carbocycles. The molecule has 1 aliphatic rings. The summed E-state index contributed by atoms with van der Waals surface area (Å²) >= 11 is 0. The summed E-state index contributed by atoms with van der Waals surface area (Å²) in [6.07, 6.45) is 0. The molecule has 6 heteroatoms. The van der Waals surface area contributed by atoms with Crippen LogP contribution in [0.4, 0.5) is 5.69 Å². The minimum absolute atomic E-state index is 0.343. The van der Waals surface area contributed by atoms with E-state index in [2.05, 4.69) is 36.9 Å². The van der Waals surface area contributed by atoms with Gasteiger partial charge < -0.3 is 9.64 Å². The van der Waals surface area contributed by atoms with Gasteiger partial charge in [0.05, 0.1) is 12.0 Å². The van der Waals surface area contributed by atoms with Gasteiger partial charge in [-0.15, -0.1) is 0 Å². The standard InChI is InChI=1S/C23H26N2O3S/c1-17-5-4-6-18(2)23(17)24-11-13-25(14-12-24)29(26,27)22-10-8-19-15-21(28-3)9-7-20(19)16-22/h4-10,15-16H,11-14H2,1-3H3. The Bertz CT molecular complexity index is 1130. The van der Waals surface area contributed by atoms with Crippen LogP contribution >= 0.6 is 0 Å². The van der Waals surface area contributed by atoms with Crippen LogP contribution < -0.4 is 9.64 Å². The van der Waals surface area contributed by atoms with E-state index < -0.39 is 10.0 Å². The number of ether oxygens (including phenoxy) is 1. The number of rotatable bonds is 4. The molecule has 1 saturated heterocycles. The van der Waals surface area contributed by atoms with E-state index in [9.17, 15) is 8.42 Å². The molecule has 0 aliphatic carbocycles. The normalized spacial score (nSPS) is 15.6. The zero-order valence-electron chi connectivity index (χ0n) is 17.1. The van der Waals surface area contributed by atoms with Crippen molar-refractivity contribution in [2.24, 2.45) is 0 Å². The molecule has 0 bridgehead atoms. The van der Waals surface area contributed by atoms with Crippen LogP contribution in [0.25, 0.3) is 10.8 Å². The second-order valence-electron chi connectivity index (χ2n) is 7.51. The molecule has 152 valence electrons. The van der Waals surface area contributed by atoms with Crippen LogP contribution in [0.2, 0.25) is 0 Å². The van der Waals surface area contributed by atoms with Gasteiger partial charge in [0.15, 0.2) is 0 Å². The molecule has 0 amide bonds. The first-order chi connectivity index (χ1) is 13.9. The van der Waals surface area contributed by atoms with Crippen LogP contribution in [0.1, 0.15) is 11.1 Å². The van der Waals surface area contributed by atoms with Crippen molar-refractivity contribution in [2.75, 3.05) is 38.2 Å². The number of aryl methyl sites for hydroxylation is 2. The lowest BCUT2D eigenvalue weighted by atomic mass is 10.1. The molecule has 29 heavy (non-hydrogen) atoms. The number of sulfonamides is 1. The Morgan fingerprint density at radius 2 is 1.45 bits per heavy atom. The Hall–Kier alpha value is -2.57. The number of para-hydroxylation sites is 1. The van der Waals surface area contributed by atoms with Crippen molar-refractivity contribution in [3.63, 3.8) is 0 Å². The van der Waals surface area contributed by atoms with Crippen molar-refractivity contribution < 1.29 is 13.2 Å². The number of methoxy groups -OCH3 is 1. The summed E-state index contributed by atoms with van der Waals surface area (Å²) < 4.78 is 33.3. The van der Waals surface area contributed by atoms with Crippen molar-refractivity contribution in [3.8, 4) is 5.75 Å². The molecule has 0 spiro atoms. The molecular weight excluding hydrogens is 384 g/mol. The van der Waals surface area contributed by atoms with Gasteiger partial charge in [0.25, 0.3) is 0 Å². The topological polar surface area (TPSA) is 49.9 Å². The molecule has 0 atom stereocenters. The lowest BCUT2D eigenvalue weighted by molar-refractivity contribution is 0.384. The molecule has 0 radical (unpaired) electrons. The highest BCUT2D eigenvalue weighted by atomic mass is 32.2. The minimum atomic E-state index is -3.52. The van der Waals surface area contributed by atoms with E-state index >= 15 is 0 Å². The molecule has 0 saturated carbocycles. The summed E-state index contributed by atoms with van der Waals surface area (Å²) in [7, 11) is -1.90. The third-order valence-electron chi connectivity index (χ3n) is 5.65. The first-order valence-corrected chi connectivity index (χ1v) is 11.2. The van der Waals surface area contributed by atoms with E-state index in [1.807, 2.05) is 24.3 Å². The predicted octanol–water partition coefficient (Wildman–Crippen LogP) is 3.98. The maximum Gasteiger partial charge on any atom is 0.243 e. The highest BCUT2D eigenvalue weighted by Gasteiger charge is 2.29. The Labute approximate surface area is 172 Å². The van der Waals surface area contributed by atoms with Crippen molar-refractivity contribution in [3.05, 3.63) is 65.7 Å². The monoisotopic (exact) mass is 410 g/mol. The quantitative estimate of drug-likeness (QED) is 0.653. The number of hydrogen-bond acceptors (Lipinski definition) is 4. The van der Waals surface area contributed by atoms with E-state index in [1.54, 1.807) is 23.5 Å². The molecule has 3 aromatic rings. The fraction of sp³-hybridized carbons (Fsp3) is 0.304. The SMILES string of the molecule is COc1ccc2cc(S(=O)(=O)N3CCN(c4c(C)cccc4C)CC3)ccc2c1. The summed E-state index contributed by atoms with van der Waals surface area (Å²) in [5.74, 6) is 0.760. The van der Waals surface area contributed by atoms with Crippen molar-refractivity contribution in [1.82, 2.24) is 4.31 Å². The maximum absolute atomic E-state index is 13.2. The average Bonchev–Trinajstić information content (AvgIpc) is 2.73. The fourth-order valence-corrected chi connectivity index (χ4v) is 5.55. The zero-order chi connectivity index (χ0) is 20.6. The zero-order valence-corrected chi connectivity index (χ0v) is 17.9. The summed E-state index contributed by atoms with van der Waals surface area (Å²) in [6.45, 7) is 6.56. The molecule has 0 aromatic heterocycles. The lowest BCUT2D eigenvalue weighted by Gasteiger charge is -2.37. The number of anilines is 1. The smallest absolute Gasteiger partial charge is 0.243 e. The van der Waals surface area contributed by atoms with Gasteiger partial charge in [-0.2, -0.15) is 4.31 Å². The van der Waals surface area contributed by atoms with Gasteiger partial charge in [-0.25, -0.2) is 8.42 Å². The van der Waals surface area contributed by atoms with E-state index in [0.29, 0.717) is 31.1 Å².